The number of rotatable bonds is 8. The fourth-order valence-corrected chi connectivity index (χ4v) is 10.5. The van der Waals surface area contributed by atoms with Crippen LogP contribution in [0.25, 0.3) is 88.4 Å². The van der Waals surface area contributed by atoms with Crippen LogP contribution in [0.3, 0.4) is 0 Å². The number of hydrogen-bond donors (Lipinski definition) is 2. The molecule has 0 spiro atoms. The highest BCUT2D eigenvalue weighted by Crippen LogP contribution is 2.51. The van der Waals surface area contributed by atoms with Crippen LogP contribution in [0.15, 0.2) is 122 Å². The van der Waals surface area contributed by atoms with Gasteiger partial charge >= 0.3 is 0 Å². The van der Waals surface area contributed by atoms with Crippen LogP contribution in [-0.2, 0) is 25.7 Å². The van der Waals surface area contributed by atoms with Crippen molar-refractivity contribution in [2.45, 2.75) is 93.9 Å². The molecule has 10 rings (SSSR count). The van der Waals surface area contributed by atoms with Gasteiger partial charge in [-0.15, -0.1) is 0 Å². The summed E-state index contributed by atoms with van der Waals surface area (Å²) in [5.74, 6) is 0. The van der Waals surface area contributed by atoms with Crippen LogP contribution in [0.4, 0.5) is 0 Å². The molecule has 62 heavy (non-hydrogen) atoms. The predicted molar refractivity (Wildman–Crippen MR) is 270 cm³/mol. The Balaban J connectivity index is 0.00000242. The molecule has 4 N–H and O–H groups in total. The molecule has 0 atom stereocenters. The van der Waals surface area contributed by atoms with Gasteiger partial charge in [-0.1, -0.05) is 88.4 Å². The third-order valence-corrected chi connectivity index (χ3v) is 13.6. The Morgan fingerprint density at radius 2 is 0.871 bits per heavy atom. The van der Waals surface area contributed by atoms with Crippen molar-refractivity contribution in [2.75, 3.05) is 0 Å². The smallest absolute Gasteiger partial charge is 0.0579 e. The minimum Gasteiger partial charge on any atom is -0.405 e. The van der Waals surface area contributed by atoms with Crippen molar-refractivity contribution in [3.63, 3.8) is 0 Å². The van der Waals surface area contributed by atoms with Gasteiger partial charge in [-0.05, 0) is 205 Å². The summed E-state index contributed by atoms with van der Waals surface area (Å²) >= 11 is 0. The first-order chi connectivity index (χ1) is 30.2. The lowest BCUT2D eigenvalue weighted by Crippen LogP contribution is -2.16. The first-order valence-corrected chi connectivity index (χ1v) is 22.8. The maximum Gasteiger partial charge on any atom is 0.0579 e. The topological polar surface area (TPSA) is 61.9 Å². The number of benzene rings is 6. The van der Waals surface area contributed by atoms with Crippen LogP contribution in [0.2, 0.25) is 0 Å². The van der Waals surface area contributed by atoms with Crippen molar-refractivity contribution in [3.8, 4) is 33.4 Å². The summed E-state index contributed by atoms with van der Waals surface area (Å²) < 4.78 is 5.02. The Bertz CT molecular complexity index is 3010. The van der Waals surface area contributed by atoms with E-state index in [0.29, 0.717) is 0 Å². The normalized spacial score (nSPS) is 13.9. The first kappa shape index (κ1) is 40.9. The summed E-state index contributed by atoms with van der Waals surface area (Å²) in [7, 11) is 0. The van der Waals surface area contributed by atoms with Gasteiger partial charge in [0.05, 0.1) is 22.1 Å². The molecule has 0 bridgehead atoms. The highest BCUT2D eigenvalue weighted by atomic mass is 15.0. The maximum absolute atomic E-state index is 6.20. The Morgan fingerprint density at radius 1 is 0.484 bits per heavy atom. The van der Waals surface area contributed by atoms with E-state index in [1.54, 1.807) is 12.4 Å². The van der Waals surface area contributed by atoms with Gasteiger partial charge in [-0.3, -0.25) is 0 Å². The molecule has 0 fully saturated rings. The van der Waals surface area contributed by atoms with E-state index in [-0.39, 0.29) is 0 Å². The van der Waals surface area contributed by atoms with Crippen LogP contribution in [0.1, 0.15) is 85.0 Å². The first-order valence-electron chi connectivity index (χ1n) is 22.8. The maximum atomic E-state index is 6.20. The van der Waals surface area contributed by atoms with E-state index in [2.05, 4.69) is 160 Å². The zero-order chi connectivity index (χ0) is 43.4. The summed E-state index contributed by atoms with van der Waals surface area (Å²) in [5.41, 5.74) is 38.7. The third-order valence-electron chi connectivity index (χ3n) is 13.6. The Morgan fingerprint density at radius 3 is 1.24 bits per heavy atom. The molecule has 0 saturated heterocycles. The molecule has 2 aliphatic rings. The molecular weight excluding hydrogens is 753 g/mol. The Labute approximate surface area is 367 Å². The molecule has 0 saturated carbocycles. The second-order valence-corrected chi connectivity index (χ2v) is 17.1. The van der Waals surface area contributed by atoms with Crippen LogP contribution in [-0.4, -0.2) is 9.13 Å². The van der Waals surface area contributed by atoms with Crippen LogP contribution < -0.4 is 11.5 Å². The van der Waals surface area contributed by atoms with Crippen molar-refractivity contribution in [1.29, 1.82) is 0 Å². The zero-order valence-corrected chi connectivity index (χ0v) is 37.8. The van der Waals surface area contributed by atoms with E-state index in [4.69, 9.17) is 11.5 Å². The number of fused-ring (bicyclic) bond motifs is 8. The van der Waals surface area contributed by atoms with E-state index >= 15 is 0 Å². The number of nitrogens with two attached hydrogens (primary N) is 2. The van der Waals surface area contributed by atoms with Crippen molar-refractivity contribution in [2.24, 2.45) is 11.5 Å². The molecule has 2 heterocycles. The van der Waals surface area contributed by atoms with E-state index in [9.17, 15) is 0 Å². The van der Waals surface area contributed by atoms with Gasteiger partial charge < -0.3 is 20.6 Å². The summed E-state index contributed by atoms with van der Waals surface area (Å²) in [6, 6.07) is 32.9. The average molecular weight is 813 g/mol. The van der Waals surface area contributed by atoms with Crippen molar-refractivity contribution in [3.05, 3.63) is 166 Å². The van der Waals surface area contributed by atoms with Crippen molar-refractivity contribution in [1.82, 2.24) is 9.13 Å². The van der Waals surface area contributed by atoms with Crippen molar-refractivity contribution < 1.29 is 0 Å². The van der Waals surface area contributed by atoms with E-state index in [1.165, 1.54) is 122 Å². The summed E-state index contributed by atoms with van der Waals surface area (Å²) in [6.07, 6.45) is 17.9. The summed E-state index contributed by atoms with van der Waals surface area (Å²) in [4.78, 5) is 0. The SMILES string of the molecule is CC.CC/C=C(\C=C/N)n1c2ccc(-c3ccc(C)c(C)c3)cc2c2cc3c4c(c21)CCc1cc2c5cc(-c6ccc(C)c(C)c6)ccc5n(C(/C=C\N)=C/CC)c2c(c1-4)CC3. The molecule has 0 aliphatic heterocycles. The molecule has 0 radical (unpaired) electrons. The Hall–Kier alpha value is -6.52. The average Bonchev–Trinajstić information content (AvgIpc) is 3.79. The van der Waals surface area contributed by atoms with Gasteiger partial charge in [0.2, 0.25) is 0 Å². The number of allylic oxidation sites excluding steroid dienone is 6. The molecule has 2 aromatic heterocycles. The zero-order valence-electron chi connectivity index (χ0n) is 37.8. The minimum absolute atomic E-state index is 0.910. The molecule has 0 unspecified atom stereocenters. The fraction of sp³-hybridized carbons (Fsp3) is 0.241. The molecular formula is C58H60N4. The van der Waals surface area contributed by atoms with Gasteiger partial charge in [0.15, 0.2) is 0 Å². The van der Waals surface area contributed by atoms with E-state index < -0.39 is 0 Å². The fourth-order valence-electron chi connectivity index (χ4n) is 10.5. The number of nitrogens with zero attached hydrogens (tertiary/aromatic N) is 2. The Kier molecular flexibility index (Phi) is 10.8. The van der Waals surface area contributed by atoms with Crippen LogP contribution in [0.5, 0.6) is 0 Å². The molecule has 2 aliphatic carbocycles. The highest BCUT2D eigenvalue weighted by molar-refractivity contribution is 6.17. The lowest BCUT2D eigenvalue weighted by atomic mass is 9.74. The van der Waals surface area contributed by atoms with Gasteiger partial charge in [-0.25, -0.2) is 0 Å². The van der Waals surface area contributed by atoms with E-state index in [1.807, 2.05) is 13.8 Å². The third kappa shape index (κ3) is 6.42. The molecule has 6 aromatic carbocycles. The van der Waals surface area contributed by atoms with Gasteiger partial charge in [0.25, 0.3) is 0 Å². The lowest BCUT2D eigenvalue weighted by Gasteiger charge is -2.31. The van der Waals surface area contributed by atoms with Gasteiger partial charge in [-0.2, -0.15) is 0 Å². The largest absolute Gasteiger partial charge is 0.405 e. The number of aromatic nitrogens is 2. The molecule has 4 nitrogen and oxygen atoms in total. The van der Waals surface area contributed by atoms with Crippen LogP contribution in [0, 0.1) is 27.7 Å². The molecule has 8 aromatic rings. The second kappa shape index (κ2) is 16.4. The summed E-state index contributed by atoms with van der Waals surface area (Å²) in [6.45, 7) is 17.2. The molecule has 4 heteroatoms. The number of aryl methyl sites for hydroxylation is 8. The van der Waals surface area contributed by atoms with Gasteiger partial charge in [0, 0.05) is 32.9 Å². The summed E-state index contributed by atoms with van der Waals surface area (Å²) in [5, 5.41) is 5.25. The highest BCUT2D eigenvalue weighted by Gasteiger charge is 2.33. The van der Waals surface area contributed by atoms with Crippen molar-refractivity contribution >= 4 is 55.0 Å². The lowest BCUT2D eigenvalue weighted by molar-refractivity contribution is 0.884. The predicted octanol–water partition coefficient (Wildman–Crippen LogP) is 14.8. The van der Waals surface area contributed by atoms with Crippen LogP contribution >= 0.6 is 0 Å². The van der Waals surface area contributed by atoms with Gasteiger partial charge in [0.1, 0.15) is 0 Å². The standard InChI is InChI=1S/C56H54N4.C2H6/c1-7-9-43(23-25-57)59-51-21-17-39(37-13-11-33(3)35(5)27-37)29-47(51)49-31-41-16-20-46-54-42(15-19-45(53(41)54)55(49)59)32-50-48-30-40(38-14-12-34(4)36(6)28-38)18-22-52(48)60(56(46)50)44(10-8-2)24-26-58;1-2/h9-14,17-18,21-32H,7-8,15-16,19-20,57-58H2,1-6H3;1-2H3/b25-23-,26-24-,43-9+,44-10+;. The molecule has 0 amide bonds. The second-order valence-electron chi connectivity index (χ2n) is 17.1. The molecule has 312 valence electrons. The monoisotopic (exact) mass is 812 g/mol. The number of hydrogen-bond acceptors (Lipinski definition) is 2. The van der Waals surface area contributed by atoms with E-state index in [0.717, 1.165) is 49.9 Å². The minimum atomic E-state index is 0.910. The quantitative estimate of drug-likeness (QED) is 0.150.